The molecule has 1 saturated heterocycles. The minimum Gasteiger partial charge on any atom is -0.449 e. The van der Waals surface area contributed by atoms with Gasteiger partial charge in [0.2, 0.25) is 0 Å². The molecule has 1 aliphatic heterocycles. The second-order valence-electron chi connectivity index (χ2n) is 8.27. The smallest absolute Gasteiger partial charge is 0.446 e. The maximum Gasteiger partial charge on any atom is 0.446 e. The van der Waals surface area contributed by atoms with Gasteiger partial charge in [0.1, 0.15) is 11.4 Å². The van der Waals surface area contributed by atoms with Gasteiger partial charge in [0.15, 0.2) is 0 Å². The number of unbranched alkanes of at least 4 members (excludes halogenated alkanes) is 1. The molecule has 0 atom stereocenters. The number of benzene rings is 1. The minimum atomic E-state index is -4.44. The number of hydrogen-bond acceptors (Lipinski definition) is 6. The fraction of sp³-hybridized carbons (Fsp3) is 0.391. The van der Waals surface area contributed by atoms with Crippen molar-refractivity contribution in [2.75, 3.05) is 16.8 Å². The molecule has 0 aliphatic carbocycles. The first kappa shape index (κ1) is 26.3. The summed E-state index contributed by atoms with van der Waals surface area (Å²) >= 11 is -0.277. The first-order chi connectivity index (χ1) is 16.4. The monoisotopic (exact) mass is 510 g/mol. The number of imide groups is 1. The molecule has 0 saturated carbocycles. The van der Waals surface area contributed by atoms with E-state index in [1.54, 1.807) is 26.0 Å². The Hall–Kier alpha value is -3.28. The van der Waals surface area contributed by atoms with Crippen LogP contribution in [-0.2, 0) is 16.1 Å². The molecule has 2 heterocycles. The van der Waals surface area contributed by atoms with E-state index >= 15 is 0 Å². The zero-order valence-electron chi connectivity index (χ0n) is 19.4. The third-order valence-electron chi connectivity index (χ3n) is 5.28. The highest BCUT2D eigenvalue weighted by atomic mass is 32.2. The van der Waals surface area contributed by atoms with Gasteiger partial charge in [0.05, 0.1) is 12.3 Å². The zero-order valence-corrected chi connectivity index (χ0v) is 20.2. The van der Waals surface area contributed by atoms with E-state index in [4.69, 9.17) is 4.74 Å². The summed E-state index contributed by atoms with van der Waals surface area (Å²) in [6, 6.07) is 7.65. The molecule has 0 radical (unpaired) electrons. The Kier molecular flexibility index (Phi) is 7.93. The van der Waals surface area contributed by atoms with Gasteiger partial charge in [0, 0.05) is 17.6 Å². The summed E-state index contributed by atoms with van der Waals surface area (Å²) in [5.74, 6) is -0.278. The molecule has 1 aliphatic rings. The van der Waals surface area contributed by atoms with Gasteiger partial charge in [-0.2, -0.15) is 13.2 Å². The number of halogens is 3. The predicted molar refractivity (Wildman–Crippen MR) is 125 cm³/mol. The fourth-order valence-electron chi connectivity index (χ4n) is 3.40. The molecule has 4 amide bonds. The lowest BCUT2D eigenvalue weighted by molar-refractivity contribution is -0.123. The average molecular weight is 511 g/mol. The molecular formula is C23H25F3N4O4S. The number of thioether (sulfide) groups is 1. The molecule has 1 fully saturated rings. The highest BCUT2D eigenvalue weighted by molar-refractivity contribution is 8.00. The number of rotatable bonds is 8. The Morgan fingerprint density at radius 2 is 1.86 bits per heavy atom. The van der Waals surface area contributed by atoms with Crippen LogP contribution >= 0.6 is 11.8 Å². The van der Waals surface area contributed by atoms with E-state index < -0.39 is 29.1 Å². The quantitative estimate of drug-likeness (QED) is 0.275. The Balaban J connectivity index is 1.75. The second kappa shape index (κ2) is 10.5. The third-order valence-corrected chi connectivity index (χ3v) is 6.02. The van der Waals surface area contributed by atoms with Crippen LogP contribution in [0.1, 0.15) is 39.2 Å². The fourth-order valence-corrected chi connectivity index (χ4v) is 3.94. The Morgan fingerprint density at radius 1 is 1.17 bits per heavy atom. The van der Waals surface area contributed by atoms with Crippen LogP contribution in [0.5, 0.6) is 0 Å². The van der Waals surface area contributed by atoms with Gasteiger partial charge in [-0.15, -0.1) is 0 Å². The topological polar surface area (TPSA) is 91.8 Å². The lowest BCUT2D eigenvalue weighted by Gasteiger charge is -2.27. The SMILES string of the molecule is CCCCOC(=O)Nc1cc(CN2C(=O)N(c3ccc(SC(F)(F)F)cc3)C(=O)C2(C)C)ccn1. The van der Waals surface area contributed by atoms with E-state index in [1.807, 2.05) is 6.92 Å². The first-order valence-corrected chi connectivity index (χ1v) is 11.6. The number of anilines is 2. The number of nitrogens with zero attached hydrogens (tertiary/aromatic N) is 3. The normalized spacial score (nSPS) is 15.5. The molecule has 35 heavy (non-hydrogen) atoms. The van der Waals surface area contributed by atoms with Gasteiger partial charge in [0.25, 0.3) is 5.91 Å². The minimum absolute atomic E-state index is 0.0398. The molecule has 1 aromatic carbocycles. The number of carbonyl (C=O) groups is 3. The lowest BCUT2D eigenvalue weighted by Crippen LogP contribution is -2.43. The molecule has 3 rings (SSSR count). The second-order valence-corrected chi connectivity index (χ2v) is 9.41. The largest absolute Gasteiger partial charge is 0.449 e. The summed E-state index contributed by atoms with van der Waals surface area (Å²) in [5, 5.41) is 2.53. The number of ether oxygens (including phenoxy) is 1. The van der Waals surface area contributed by atoms with Crippen molar-refractivity contribution in [3.8, 4) is 0 Å². The van der Waals surface area contributed by atoms with Crippen LogP contribution in [0.3, 0.4) is 0 Å². The highest BCUT2D eigenvalue weighted by Gasteiger charge is 2.51. The molecule has 2 aromatic rings. The summed E-state index contributed by atoms with van der Waals surface area (Å²) in [5.41, 5.74) is -4.87. The molecule has 1 N–H and O–H groups in total. The maximum atomic E-state index is 13.2. The molecule has 1 aromatic heterocycles. The summed E-state index contributed by atoms with van der Waals surface area (Å²) in [4.78, 5) is 44.5. The number of amides is 4. The lowest BCUT2D eigenvalue weighted by atomic mass is 10.0. The molecule has 12 heteroatoms. The van der Waals surface area contributed by atoms with Crippen molar-refractivity contribution in [2.24, 2.45) is 0 Å². The Morgan fingerprint density at radius 3 is 2.49 bits per heavy atom. The number of hydrogen-bond donors (Lipinski definition) is 1. The van der Waals surface area contributed by atoms with Crippen LogP contribution in [0.4, 0.5) is 34.3 Å². The zero-order chi connectivity index (χ0) is 25.8. The van der Waals surface area contributed by atoms with Crippen LogP contribution in [0.25, 0.3) is 0 Å². The number of urea groups is 1. The number of aromatic nitrogens is 1. The maximum absolute atomic E-state index is 13.2. The van der Waals surface area contributed by atoms with Gasteiger partial charge in [-0.25, -0.2) is 19.5 Å². The van der Waals surface area contributed by atoms with Crippen LogP contribution in [0.15, 0.2) is 47.5 Å². The summed E-state index contributed by atoms with van der Waals surface area (Å²) in [7, 11) is 0. The van der Waals surface area contributed by atoms with E-state index in [1.165, 1.54) is 35.4 Å². The van der Waals surface area contributed by atoms with E-state index in [-0.39, 0.29) is 41.3 Å². The van der Waals surface area contributed by atoms with E-state index in [9.17, 15) is 27.6 Å². The van der Waals surface area contributed by atoms with Crippen LogP contribution in [0, 0.1) is 0 Å². The standard InChI is InChI=1S/C23H25F3N4O4S/c1-4-5-12-34-20(32)28-18-13-15(10-11-27-18)14-29-21(33)30(19(31)22(29,2)3)16-6-8-17(9-7-16)35-23(24,25)26/h6-11,13H,4-5,12,14H2,1-3H3,(H,27,28,32). The Labute approximate surface area is 204 Å². The van der Waals surface area contributed by atoms with Gasteiger partial charge < -0.3 is 9.64 Å². The van der Waals surface area contributed by atoms with E-state index in [0.717, 1.165) is 17.7 Å². The summed E-state index contributed by atoms with van der Waals surface area (Å²) in [6.45, 7) is 5.48. The van der Waals surface area contributed by atoms with Gasteiger partial charge in [-0.3, -0.25) is 10.1 Å². The van der Waals surface area contributed by atoms with E-state index in [0.29, 0.717) is 5.56 Å². The molecule has 0 bridgehead atoms. The van der Waals surface area contributed by atoms with Crippen molar-refractivity contribution in [1.29, 1.82) is 0 Å². The third kappa shape index (κ3) is 6.44. The van der Waals surface area contributed by atoms with E-state index in [2.05, 4.69) is 10.3 Å². The van der Waals surface area contributed by atoms with Crippen molar-refractivity contribution in [3.63, 3.8) is 0 Å². The number of pyridine rings is 1. The van der Waals surface area contributed by atoms with Crippen molar-refractivity contribution >= 4 is 41.3 Å². The number of nitrogens with one attached hydrogen (secondary N) is 1. The number of alkyl halides is 3. The molecule has 0 unspecified atom stereocenters. The van der Waals surface area contributed by atoms with Crippen molar-refractivity contribution < 1.29 is 32.3 Å². The Bertz CT molecular complexity index is 1090. The molecule has 0 spiro atoms. The van der Waals surface area contributed by atoms with Gasteiger partial charge >= 0.3 is 17.6 Å². The molecular weight excluding hydrogens is 485 g/mol. The molecule has 188 valence electrons. The van der Waals surface area contributed by atoms with Crippen LogP contribution in [-0.4, -0.2) is 45.6 Å². The van der Waals surface area contributed by atoms with Crippen molar-refractivity contribution in [3.05, 3.63) is 48.2 Å². The van der Waals surface area contributed by atoms with Crippen LogP contribution in [0.2, 0.25) is 0 Å². The van der Waals surface area contributed by atoms with Gasteiger partial charge in [-0.05, 0) is 74.0 Å². The highest BCUT2D eigenvalue weighted by Crippen LogP contribution is 2.39. The van der Waals surface area contributed by atoms with Crippen molar-refractivity contribution in [2.45, 2.75) is 56.1 Å². The van der Waals surface area contributed by atoms with Crippen molar-refractivity contribution in [1.82, 2.24) is 9.88 Å². The van der Waals surface area contributed by atoms with Crippen LogP contribution < -0.4 is 10.2 Å². The van der Waals surface area contributed by atoms with Gasteiger partial charge in [-0.1, -0.05) is 13.3 Å². The predicted octanol–water partition coefficient (Wildman–Crippen LogP) is 5.79. The summed E-state index contributed by atoms with van der Waals surface area (Å²) < 4.78 is 42.8. The number of carbonyl (C=O) groups excluding carboxylic acids is 3. The summed E-state index contributed by atoms with van der Waals surface area (Å²) in [6.07, 6.45) is 2.43. The molecule has 8 nitrogen and oxygen atoms in total. The average Bonchev–Trinajstić information content (AvgIpc) is 2.93. The first-order valence-electron chi connectivity index (χ1n) is 10.8.